The summed E-state index contributed by atoms with van der Waals surface area (Å²) in [6.07, 6.45) is 6.33. The SMILES string of the molecule is O=C(NC1CN2CCC1C2)c1cc2nccn2cn1. The Bertz CT molecular complexity index is 637. The molecular weight excluding hydrogens is 242 g/mol. The highest BCUT2D eigenvalue weighted by Gasteiger charge is 2.38. The number of nitrogens with one attached hydrogen (secondary N) is 1. The lowest BCUT2D eigenvalue weighted by Crippen LogP contribution is -2.43. The predicted molar refractivity (Wildman–Crippen MR) is 68.8 cm³/mol. The van der Waals surface area contributed by atoms with Gasteiger partial charge in [-0.2, -0.15) is 0 Å². The third kappa shape index (κ3) is 1.79. The van der Waals surface area contributed by atoms with Gasteiger partial charge in [-0.25, -0.2) is 9.97 Å². The quantitative estimate of drug-likeness (QED) is 0.832. The minimum absolute atomic E-state index is 0.0933. The van der Waals surface area contributed by atoms with Crippen LogP contribution >= 0.6 is 0 Å². The van der Waals surface area contributed by atoms with Crippen molar-refractivity contribution >= 4 is 11.6 Å². The summed E-state index contributed by atoms with van der Waals surface area (Å²) in [6.45, 7) is 3.27. The van der Waals surface area contributed by atoms with Crippen molar-refractivity contribution in [2.75, 3.05) is 19.6 Å². The summed E-state index contributed by atoms with van der Waals surface area (Å²) < 4.78 is 1.79. The van der Waals surface area contributed by atoms with E-state index < -0.39 is 0 Å². The van der Waals surface area contributed by atoms with Crippen LogP contribution < -0.4 is 5.32 Å². The Morgan fingerprint density at radius 2 is 2.32 bits per heavy atom. The van der Waals surface area contributed by atoms with Crippen molar-refractivity contribution in [2.24, 2.45) is 5.92 Å². The van der Waals surface area contributed by atoms with E-state index >= 15 is 0 Å². The second-order valence-corrected chi connectivity index (χ2v) is 5.36. The Morgan fingerprint density at radius 3 is 3.11 bits per heavy atom. The fourth-order valence-corrected chi connectivity index (χ4v) is 3.13. The van der Waals surface area contributed by atoms with Gasteiger partial charge < -0.3 is 10.2 Å². The Kier molecular flexibility index (Phi) is 2.32. The topological polar surface area (TPSA) is 62.5 Å². The average Bonchev–Trinajstić information content (AvgIpc) is 3.13. The van der Waals surface area contributed by atoms with Crippen LogP contribution in [0.1, 0.15) is 16.9 Å². The molecule has 4 rings (SSSR count). The highest BCUT2D eigenvalue weighted by Crippen LogP contribution is 2.27. The number of amides is 1. The molecule has 3 atom stereocenters. The molecule has 0 spiro atoms. The molecule has 6 nitrogen and oxygen atoms in total. The van der Waals surface area contributed by atoms with Gasteiger partial charge in [0.05, 0.1) is 0 Å². The maximum absolute atomic E-state index is 12.2. The molecule has 2 fully saturated rings. The molecule has 0 saturated carbocycles. The Balaban J connectivity index is 1.53. The van der Waals surface area contributed by atoms with Gasteiger partial charge in [0.1, 0.15) is 17.7 Å². The molecular formula is C13H15N5O. The van der Waals surface area contributed by atoms with Gasteiger partial charge in [0, 0.05) is 37.6 Å². The zero-order valence-corrected chi connectivity index (χ0v) is 10.5. The Morgan fingerprint density at radius 1 is 1.37 bits per heavy atom. The van der Waals surface area contributed by atoms with Crippen molar-refractivity contribution in [2.45, 2.75) is 12.5 Å². The molecule has 2 aromatic heterocycles. The molecule has 1 N–H and O–H groups in total. The van der Waals surface area contributed by atoms with E-state index in [1.54, 1.807) is 23.0 Å². The molecule has 1 amide bonds. The molecule has 2 bridgehead atoms. The number of piperidine rings is 1. The van der Waals surface area contributed by atoms with Gasteiger partial charge in [0.15, 0.2) is 0 Å². The van der Waals surface area contributed by atoms with Gasteiger partial charge in [0.25, 0.3) is 5.91 Å². The Hall–Kier alpha value is -1.95. The standard InChI is InChI=1S/C13H15N5O/c19-13(16-11-7-17-3-1-9(11)6-17)10-5-12-14-2-4-18(12)8-15-10/h2,4-5,8-9,11H,1,3,6-7H2,(H,16,19). The van der Waals surface area contributed by atoms with Gasteiger partial charge in [-0.1, -0.05) is 0 Å². The van der Waals surface area contributed by atoms with Gasteiger partial charge in [-0.3, -0.25) is 9.20 Å². The molecule has 98 valence electrons. The zero-order chi connectivity index (χ0) is 12.8. The molecule has 2 aliphatic heterocycles. The van der Waals surface area contributed by atoms with Gasteiger partial charge >= 0.3 is 0 Å². The van der Waals surface area contributed by atoms with E-state index in [1.807, 2.05) is 6.20 Å². The number of carbonyl (C=O) groups is 1. The van der Waals surface area contributed by atoms with Crippen molar-refractivity contribution < 1.29 is 4.79 Å². The highest BCUT2D eigenvalue weighted by atomic mass is 16.2. The molecule has 0 aromatic carbocycles. The number of fused-ring (bicyclic) bond motifs is 3. The largest absolute Gasteiger partial charge is 0.346 e. The van der Waals surface area contributed by atoms with E-state index in [9.17, 15) is 4.79 Å². The first kappa shape index (κ1) is 10.9. The molecule has 2 saturated heterocycles. The van der Waals surface area contributed by atoms with Crippen molar-refractivity contribution in [1.29, 1.82) is 0 Å². The summed E-state index contributed by atoms with van der Waals surface area (Å²) in [5.74, 6) is 0.517. The number of aromatic nitrogens is 3. The van der Waals surface area contributed by atoms with Gasteiger partial charge in [0.2, 0.25) is 0 Å². The molecule has 0 aliphatic carbocycles. The molecule has 0 radical (unpaired) electrons. The zero-order valence-electron chi connectivity index (χ0n) is 10.5. The van der Waals surface area contributed by atoms with Crippen LogP contribution in [0.5, 0.6) is 0 Å². The predicted octanol–water partition coefficient (Wildman–Crippen LogP) is 0.163. The third-order valence-electron chi connectivity index (χ3n) is 4.17. The van der Waals surface area contributed by atoms with Crippen molar-refractivity contribution in [3.8, 4) is 0 Å². The number of nitrogens with zero attached hydrogens (tertiary/aromatic N) is 4. The molecule has 6 heteroatoms. The summed E-state index contributed by atoms with van der Waals surface area (Å²) in [6, 6.07) is 2.00. The molecule has 3 unspecified atom stereocenters. The van der Waals surface area contributed by atoms with Crippen LogP contribution in [0.25, 0.3) is 5.65 Å². The number of imidazole rings is 1. The van der Waals surface area contributed by atoms with Crippen molar-refractivity contribution in [1.82, 2.24) is 24.6 Å². The smallest absolute Gasteiger partial charge is 0.270 e. The maximum atomic E-state index is 12.2. The first-order valence-corrected chi connectivity index (χ1v) is 6.61. The minimum atomic E-state index is -0.0933. The highest BCUT2D eigenvalue weighted by molar-refractivity contribution is 5.93. The van der Waals surface area contributed by atoms with Crippen LogP contribution in [-0.4, -0.2) is 50.9 Å². The molecule has 2 aliphatic rings. The number of carbonyl (C=O) groups excluding carboxylic acids is 1. The Labute approximate surface area is 110 Å². The normalized spacial score (nSPS) is 28.9. The lowest BCUT2D eigenvalue weighted by atomic mass is 10.00. The van der Waals surface area contributed by atoms with Crippen LogP contribution in [0.4, 0.5) is 0 Å². The van der Waals surface area contributed by atoms with E-state index in [0.29, 0.717) is 11.6 Å². The van der Waals surface area contributed by atoms with Crippen LogP contribution in [0.3, 0.4) is 0 Å². The fraction of sp³-hybridized carbons (Fsp3) is 0.462. The van der Waals surface area contributed by atoms with E-state index in [-0.39, 0.29) is 11.9 Å². The molecule has 19 heavy (non-hydrogen) atoms. The van der Waals surface area contributed by atoms with Crippen molar-refractivity contribution in [3.63, 3.8) is 0 Å². The summed E-state index contributed by atoms with van der Waals surface area (Å²) in [5.41, 5.74) is 1.19. The van der Waals surface area contributed by atoms with Crippen LogP contribution in [0.2, 0.25) is 0 Å². The summed E-state index contributed by atoms with van der Waals surface area (Å²) in [7, 11) is 0. The maximum Gasteiger partial charge on any atom is 0.270 e. The van der Waals surface area contributed by atoms with Crippen LogP contribution in [0, 0.1) is 5.92 Å². The first-order valence-electron chi connectivity index (χ1n) is 6.61. The van der Waals surface area contributed by atoms with Crippen LogP contribution in [-0.2, 0) is 0 Å². The second kappa shape index (κ2) is 4.03. The molecule has 4 heterocycles. The van der Waals surface area contributed by atoms with Crippen LogP contribution in [0.15, 0.2) is 24.8 Å². The van der Waals surface area contributed by atoms with E-state index in [4.69, 9.17) is 0 Å². The molecule has 2 aromatic rings. The third-order valence-corrected chi connectivity index (χ3v) is 4.17. The van der Waals surface area contributed by atoms with Gasteiger partial charge in [-0.05, 0) is 18.9 Å². The van der Waals surface area contributed by atoms with E-state index in [2.05, 4.69) is 20.2 Å². The first-order chi connectivity index (χ1) is 9.29. The minimum Gasteiger partial charge on any atom is -0.346 e. The fourth-order valence-electron chi connectivity index (χ4n) is 3.13. The van der Waals surface area contributed by atoms with Gasteiger partial charge in [-0.15, -0.1) is 0 Å². The lowest BCUT2D eigenvalue weighted by Gasteiger charge is -2.22. The lowest BCUT2D eigenvalue weighted by molar-refractivity contribution is 0.0919. The summed E-state index contributed by atoms with van der Waals surface area (Å²) in [5, 5.41) is 3.10. The van der Waals surface area contributed by atoms with E-state index in [0.717, 1.165) is 18.7 Å². The number of rotatable bonds is 2. The number of hydrogen-bond acceptors (Lipinski definition) is 4. The second-order valence-electron chi connectivity index (χ2n) is 5.36. The summed E-state index contributed by atoms with van der Waals surface area (Å²) in [4.78, 5) is 23.0. The van der Waals surface area contributed by atoms with Crippen molar-refractivity contribution in [3.05, 3.63) is 30.5 Å². The average molecular weight is 257 g/mol. The number of hydrogen-bond donors (Lipinski definition) is 1. The van der Waals surface area contributed by atoms with E-state index in [1.165, 1.54) is 13.0 Å². The summed E-state index contributed by atoms with van der Waals surface area (Å²) >= 11 is 0. The monoisotopic (exact) mass is 257 g/mol.